The second-order valence-electron chi connectivity index (χ2n) is 12.8. The molecule has 2 saturated carbocycles. The molecule has 9 nitrogen and oxygen atoms in total. The lowest BCUT2D eigenvalue weighted by Gasteiger charge is -2.43. The van der Waals surface area contributed by atoms with Gasteiger partial charge in [-0.25, -0.2) is 0 Å². The Kier molecular flexibility index (Phi) is 7.88. The SMILES string of the molecule is CCOc1cc([C@H]2c3sc(=O)[nH]c3SC3C2[C@H]2C[C@@H]3C3C(=O)N(c4ccc(C)cc4)C(=O)C32)ccc1OCC(=O)Nc1ccc(Cl)cc1. The van der Waals surface area contributed by atoms with Crippen LogP contribution in [0.15, 0.2) is 76.6 Å². The molecule has 3 amide bonds. The summed E-state index contributed by atoms with van der Waals surface area (Å²) in [6.45, 7) is 4.02. The van der Waals surface area contributed by atoms with Gasteiger partial charge < -0.3 is 19.8 Å². The first-order chi connectivity index (χ1) is 23.2. The lowest BCUT2D eigenvalue weighted by atomic mass is 9.68. The van der Waals surface area contributed by atoms with E-state index in [2.05, 4.69) is 10.3 Å². The molecule has 7 atom stereocenters. The number of rotatable bonds is 8. The average Bonchev–Trinajstić information content (AvgIpc) is 3.81. The number of nitrogens with one attached hydrogen (secondary N) is 2. The first-order valence-corrected chi connectivity index (χ1v) is 18.1. The molecule has 2 bridgehead atoms. The number of benzene rings is 3. The number of halogens is 1. The van der Waals surface area contributed by atoms with Crippen molar-refractivity contribution in [3.8, 4) is 11.5 Å². The van der Waals surface area contributed by atoms with E-state index in [9.17, 15) is 19.2 Å². The largest absolute Gasteiger partial charge is 0.490 e. The summed E-state index contributed by atoms with van der Waals surface area (Å²) in [6, 6.07) is 20.1. The maximum Gasteiger partial charge on any atom is 0.305 e. The molecule has 8 rings (SSSR count). The highest BCUT2D eigenvalue weighted by Crippen LogP contribution is 2.68. The number of H-pyrrole nitrogens is 1. The van der Waals surface area contributed by atoms with E-state index in [1.165, 1.54) is 16.2 Å². The number of hydrogen-bond acceptors (Lipinski definition) is 8. The minimum absolute atomic E-state index is 0.0113. The summed E-state index contributed by atoms with van der Waals surface area (Å²) in [5, 5.41) is 4.27. The molecular weight excluding hydrogens is 670 g/mol. The van der Waals surface area contributed by atoms with Crippen LogP contribution in [0.5, 0.6) is 11.5 Å². The van der Waals surface area contributed by atoms with Gasteiger partial charge in [-0.3, -0.25) is 24.1 Å². The van der Waals surface area contributed by atoms with E-state index in [0.717, 1.165) is 27.5 Å². The molecule has 2 N–H and O–H groups in total. The van der Waals surface area contributed by atoms with Crippen LogP contribution in [0, 0.1) is 36.5 Å². The molecule has 2 aliphatic carbocycles. The van der Waals surface area contributed by atoms with E-state index in [4.69, 9.17) is 21.1 Å². The Balaban J connectivity index is 1.10. The second-order valence-corrected chi connectivity index (χ2v) is 15.4. The van der Waals surface area contributed by atoms with Crippen LogP contribution in [0.3, 0.4) is 0 Å². The Morgan fingerprint density at radius 2 is 1.69 bits per heavy atom. The summed E-state index contributed by atoms with van der Waals surface area (Å²) < 4.78 is 12.0. The van der Waals surface area contributed by atoms with Crippen molar-refractivity contribution in [1.82, 2.24) is 4.98 Å². The lowest BCUT2D eigenvalue weighted by Crippen LogP contribution is -2.42. The zero-order chi connectivity index (χ0) is 33.3. The Bertz CT molecular complexity index is 1990. The zero-order valence-corrected chi connectivity index (χ0v) is 28.5. The van der Waals surface area contributed by atoms with Crippen molar-refractivity contribution in [2.75, 3.05) is 23.4 Å². The number of thiazole rings is 1. The van der Waals surface area contributed by atoms with Gasteiger partial charge in [0.05, 0.1) is 29.2 Å². The van der Waals surface area contributed by atoms with Crippen LogP contribution < -0.4 is 24.6 Å². The van der Waals surface area contributed by atoms with Crippen LogP contribution >= 0.6 is 34.7 Å². The molecule has 0 radical (unpaired) electrons. The fraction of sp³-hybridized carbons (Fsp3) is 0.333. The van der Waals surface area contributed by atoms with Crippen LogP contribution in [0.4, 0.5) is 11.4 Å². The Morgan fingerprint density at radius 1 is 0.958 bits per heavy atom. The van der Waals surface area contributed by atoms with E-state index in [1.807, 2.05) is 50.2 Å². The molecule has 3 fully saturated rings. The molecule has 4 aliphatic rings. The van der Waals surface area contributed by atoms with Gasteiger partial charge in [0, 0.05) is 26.8 Å². The smallest absolute Gasteiger partial charge is 0.305 e. The number of thioether (sulfide) groups is 1. The summed E-state index contributed by atoms with van der Waals surface area (Å²) >= 11 is 8.82. The van der Waals surface area contributed by atoms with Gasteiger partial charge in [0.15, 0.2) is 18.1 Å². The average molecular weight is 702 g/mol. The zero-order valence-electron chi connectivity index (χ0n) is 26.1. The van der Waals surface area contributed by atoms with E-state index in [1.54, 1.807) is 42.1 Å². The molecule has 3 heterocycles. The number of hydrogen-bond donors (Lipinski definition) is 2. The predicted molar refractivity (Wildman–Crippen MR) is 185 cm³/mol. The topological polar surface area (TPSA) is 118 Å². The number of carbonyl (C=O) groups excluding carboxylic acids is 3. The van der Waals surface area contributed by atoms with Crippen LogP contribution in [-0.2, 0) is 14.4 Å². The van der Waals surface area contributed by atoms with Crippen molar-refractivity contribution >= 4 is 63.8 Å². The number of aryl methyl sites for hydroxylation is 1. The van der Waals surface area contributed by atoms with Gasteiger partial charge in [-0.05, 0) is 92.1 Å². The summed E-state index contributed by atoms with van der Waals surface area (Å²) in [4.78, 5) is 58.6. The second kappa shape index (κ2) is 12.1. The van der Waals surface area contributed by atoms with Gasteiger partial charge in [0.2, 0.25) is 11.8 Å². The number of amides is 3. The van der Waals surface area contributed by atoms with Crippen LogP contribution in [0.25, 0.3) is 0 Å². The summed E-state index contributed by atoms with van der Waals surface area (Å²) in [6.07, 6.45) is 0.800. The van der Waals surface area contributed by atoms with Gasteiger partial charge in [-0.2, -0.15) is 0 Å². The highest BCUT2D eigenvalue weighted by Gasteiger charge is 2.69. The highest BCUT2D eigenvalue weighted by atomic mass is 35.5. The number of aromatic amines is 1. The van der Waals surface area contributed by atoms with Crippen molar-refractivity contribution in [3.05, 3.63) is 97.4 Å². The molecule has 3 aromatic carbocycles. The molecular formula is C36H32ClN3O6S2. The third kappa shape index (κ3) is 5.14. The third-order valence-corrected chi connectivity index (χ3v) is 13.0. The minimum Gasteiger partial charge on any atom is -0.490 e. The number of imide groups is 1. The molecule has 4 unspecified atom stereocenters. The van der Waals surface area contributed by atoms with E-state index in [-0.39, 0.29) is 64.0 Å². The molecule has 0 spiro atoms. The van der Waals surface area contributed by atoms with Crippen LogP contribution in [0.1, 0.15) is 35.3 Å². The van der Waals surface area contributed by atoms with Crippen LogP contribution in [-0.4, -0.2) is 41.2 Å². The first-order valence-electron chi connectivity index (χ1n) is 16.0. The minimum atomic E-state index is -0.390. The maximum atomic E-state index is 14.1. The fourth-order valence-corrected chi connectivity index (χ4v) is 11.3. The molecule has 4 aromatic rings. The van der Waals surface area contributed by atoms with E-state index < -0.39 is 5.92 Å². The van der Waals surface area contributed by atoms with Crippen molar-refractivity contribution in [2.24, 2.45) is 29.6 Å². The quantitative estimate of drug-likeness (QED) is 0.202. The fourth-order valence-electron chi connectivity index (χ4n) is 8.32. The normalized spacial score (nSPS) is 26.6. The lowest BCUT2D eigenvalue weighted by molar-refractivity contribution is -0.123. The molecule has 2 aliphatic heterocycles. The van der Waals surface area contributed by atoms with Gasteiger partial charge >= 0.3 is 4.87 Å². The van der Waals surface area contributed by atoms with E-state index >= 15 is 0 Å². The number of anilines is 2. The van der Waals surface area contributed by atoms with Gasteiger partial charge in [-0.15, -0.1) is 11.8 Å². The van der Waals surface area contributed by atoms with Gasteiger partial charge in [0.1, 0.15) is 0 Å². The number of aromatic nitrogens is 1. The summed E-state index contributed by atoms with van der Waals surface area (Å²) in [7, 11) is 0. The van der Waals surface area contributed by atoms with Crippen LogP contribution in [0.2, 0.25) is 5.02 Å². The van der Waals surface area contributed by atoms with Crippen molar-refractivity contribution < 1.29 is 23.9 Å². The van der Waals surface area contributed by atoms with Crippen molar-refractivity contribution in [3.63, 3.8) is 0 Å². The number of ether oxygens (including phenoxy) is 2. The first kappa shape index (κ1) is 31.2. The Labute approximate surface area is 290 Å². The highest BCUT2D eigenvalue weighted by molar-refractivity contribution is 8.00. The third-order valence-electron chi connectivity index (χ3n) is 10.1. The maximum absolute atomic E-state index is 14.1. The predicted octanol–water partition coefficient (Wildman–Crippen LogP) is 6.49. The van der Waals surface area contributed by atoms with Gasteiger partial charge in [0.25, 0.3) is 5.91 Å². The number of nitrogens with zero attached hydrogens (tertiary/aromatic N) is 1. The number of fused-ring (bicyclic) bond motifs is 9. The molecule has 48 heavy (non-hydrogen) atoms. The molecule has 1 aromatic heterocycles. The van der Waals surface area contributed by atoms with Crippen molar-refractivity contribution in [1.29, 1.82) is 0 Å². The monoisotopic (exact) mass is 701 g/mol. The van der Waals surface area contributed by atoms with Gasteiger partial charge in [-0.1, -0.05) is 46.7 Å². The van der Waals surface area contributed by atoms with Crippen molar-refractivity contribution in [2.45, 2.75) is 36.5 Å². The Morgan fingerprint density at radius 3 is 2.42 bits per heavy atom. The molecule has 12 heteroatoms. The molecule has 246 valence electrons. The molecule has 1 saturated heterocycles. The summed E-state index contributed by atoms with van der Waals surface area (Å²) in [5.74, 6) is -0.514. The Hall–Kier alpha value is -4.06. The standard InChI is InChI=1S/C36H32ClN3O6S2/c1-3-45-25-14-18(6-13-24(25)46-16-26(41)38-20-9-7-19(37)8-10-20)27-28-22-15-23(31(28)47-33-32(27)48-36(44)39-33)30-29(22)34(42)40(35(30)43)21-11-4-17(2)5-12-21/h4-14,22-23,27-31H,3,15-16H2,1-2H3,(H,38,41)(H,39,44)/t22-,23-,27-,28?,29?,30?,31?/m1/s1. The number of carbonyl (C=O) groups is 3. The van der Waals surface area contributed by atoms with E-state index in [0.29, 0.717) is 34.5 Å². The summed E-state index contributed by atoms with van der Waals surface area (Å²) in [5.41, 5.74) is 3.24.